The molecule has 184 valence electrons. The summed E-state index contributed by atoms with van der Waals surface area (Å²) in [6.07, 6.45) is 9.34. The molecule has 1 N–H and O–H groups in total. The highest BCUT2D eigenvalue weighted by Crippen LogP contribution is 2.58. The van der Waals surface area contributed by atoms with Gasteiger partial charge in [0.25, 0.3) is 0 Å². The molecule has 3 fully saturated rings. The fourth-order valence-corrected chi connectivity index (χ4v) is 6.21. The Balaban J connectivity index is 1.76. The van der Waals surface area contributed by atoms with Crippen LogP contribution in [0.2, 0.25) is 0 Å². The van der Waals surface area contributed by atoms with E-state index < -0.39 is 17.7 Å². The van der Waals surface area contributed by atoms with Crippen LogP contribution in [0.25, 0.3) is 0 Å². The zero-order chi connectivity index (χ0) is 24.6. The van der Waals surface area contributed by atoms with E-state index >= 15 is 0 Å². The molecule has 0 spiro atoms. The summed E-state index contributed by atoms with van der Waals surface area (Å²) in [6, 6.07) is 0. The van der Waals surface area contributed by atoms with Crippen molar-refractivity contribution in [1.29, 1.82) is 0 Å². The van der Waals surface area contributed by atoms with E-state index in [1.807, 2.05) is 0 Å². The first-order valence-electron chi connectivity index (χ1n) is 12.7. The first-order valence-corrected chi connectivity index (χ1v) is 12.7. The molecule has 3 aliphatic carbocycles. The normalized spacial score (nSPS) is 38.1. The van der Waals surface area contributed by atoms with Crippen molar-refractivity contribution >= 4 is 17.5 Å². The summed E-state index contributed by atoms with van der Waals surface area (Å²) >= 11 is 0. The van der Waals surface area contributed by atoms with E-state index in [1.54, 1.807) is 6.92 Å². The van der Waals surface area contributed by atoms with Crippen molar-refractivity contribution in [2.24, 2.45) is 35.0 Å². The van der Waals surface area contributed by atoms with Crippen molar-refractivity contribution < 1.29 is 24.2 Å². The predicted octanol–water partition coefficient (Wildman–Crippen LogP) is 5.21. The third-order valence-corrected chi connectivity index (χ3v) is 8.97. The molecule has 3 rings (SSSR count). The summed E-state index contributed by atoms with van der Waals surface area (Å²) in [5.41, 5.74) is -0.673. The van der Waals surface area contributed by atoms with Gasteiger partial charge in [-0.05, 0) is 74.0 Å². The maximum Gasteiger partial charge on any atom is 0.332 e. The average molecular weight is 459 g/mol. The minimum atomic E-state index is -1.22. The van der Waals surface area contributed by atoms with Crippen molar-refractivity contribution in [2.45, 2.75) is 98.2 Å². The molecule has 0 radical (unpaired) electrons. The Morgan fingerprint density at radius 2 is 1.76 bits per heavy atom. The second-order valence-corrected chi connectivity index (χ2v) is 11.6. The van der Waals surface area contributed by atoms with Gasteiger partial charge in [-0.25, -0.2) is 4.79 Å². The second kappa shape index (κ2) is 9.85. The average Bonchev–Trinajstić information content (AvgIpc) is 3.09. The van der Waals surface area contributed by atoms with Crippen molar-refractivity contribution in [3.63, 3.8) is 0 Å². The summed E-state index contributed by atoms with van der Waals surface area (Å²) in [6.45, 7) is 12.9. The van der Waals surface area contributed by atoms with Gasteiger partial charge in [0.05, 0.1) is 6.10 Å². The van der Waals surface area contributed by atoms with Gasteiger partial charge in [-0.15, -0.1) is 0 Å². The lowest BCUT2D eigenvalue weighted by molar-refractivity contribution is -0.167. The molecule has 0 bridgehead atoms. The topological polar surface area (TPSA) is 80.7 Å². The zero-order valence-electron chi connectivity index (χ0n) is 21.2. The number of aliphatic hydroxyl groups excluding tert-OH is 1. The van der Waals surface area contributed by atoms with Crippen LogP contribution >= 0.6 is 0 Å². The van der Waals surface area contributed by atoms with Crippen LogP contribution in [-0.4, -0.2) is 34.3 Å². The van der Waals surface area contributed by atoms with Gasteiger partial charge < -0.3 is 9.84 Å². The first-order chi connectivity index (χ1) is 15.4. The molecule has 7 atom stereocenters. The van der Waals surface area contributed by atoms with E-state index in [2.05, 4.69) is 46.8 Å². The molecule has 0 aromatic rings. The third-order valence-electron chi connectivity index (χ3n) is 8.97. The van der Waals surface area contributed by atoms with E-state index in [0.717, 1.165) is 19.3 Å². The van der Waals surface area contributed by atoms with Crippen LogP contribution in [0.1, 0.15) is 86.5 Å². The number of Topliss-reactive ketones (excluding diaryl/α,β-unsaturated/α-hetero) is 2. The summed E-state index contributed by atoms with van der Waals surface area (Å²) in [4.78, 5) is 38.1. The molecule has 2 unspecified atom stereocenters. The number of ketones is 2. The van der Waals surface area contributed by atoms with E-state index in [0.29, 0.717) is 48.5 Å². The minimum Gasteiger partial charge on any atom is -0.448 e. The highest BCUT2D eigenvalue weighted by atomic mass is 16.6. The van der Waals surface area contributed by atoms with Crippen LogP contribution in [0.4, 0.5) is 0 Å². The number of aliphatic hydroxyl groups is 1. The second-order valence-electron chi connectivity index (χ2n) is 11.6. The Hall–Kier alpha value is -1.75. The summed E-state index contributed by atoms with van der Waals surface area (Å²) in [7, 11) is 0. The van der Waals surface area contributed by atoms with E-state index in [4.69, 9.17) is 4.74 Å². The number of allylic oxidation sites excluding steroid dienone is 3. The summed E-state index contributed by atoms with van der Waals surface area (Å²) in [5, 5.41) is 9.72. The van der Waals surface area contributed by atoms with Gasteiger partial charge in [-0.2, -0.15) is 0 Å². The van der Waals surface area contributed by atoms with Crippen LogP contribution in [0.5, 0.6) is 0 Å². The predicted molar refractivity (Wildman–Crippen MR) is 128 cm³/mol. The Bertz CT molecular complexity index is 839. The fraction of sp³-hybridized carbons (Fsp3) is 0.750. The van der Waals surface area contributed by atoms with Gasteiger partial charge in [0, 0.05) is 24.5 Å². The van der Waals surface area contributed by atoms with Crippen LogP contribution < -0.4 is 0 Å². The first kappa shape index (κ1) is 25.9. The number of carbonyl (C=O) groups is 3. The Kier molecular flexibility index (Phi) is 7.72. The molecule has 0 amide bonds. The number of carbonyl (C=O) groups excluding carboxylic acids is 3. The standard InChI is InChI=1S/C28H42O5/c1-17(2)18(3)7-8-19(4)22-9-10-23-21(24(30)12-13-27(22,23)5)16-26(32)33-28(6)14-11-20(29)15-25(28)31/h7-8,16-20,22-23,29H,9-15H2,1-6H3/b8-7+,21-16-/t18?,19?,20-,22-,23+,27-,28-/m1/s1. The maximum atomic E-state index is 12.9. The van der Waals surface area contributed by atoms with Crippen LogP contribution in [-0.2, 0) is 19.1 Å². The van der Waals surface area contributed by atoms with Gasteiger partial charge in [0.2, 0.25) is 0 Å². The monoisotopic (exact) mass is 458 g/mol. The number of hydrogen-bond donors (Lipinski definition) is 1. The SMILES string of the molecule is CC(C)C(C)/C=C/C(C)[C@H]1CC[C@H]2/C(=C/C(=O)O[C@]3(C)CC[C@@H](O)CC3=O)C(=O)CC[C@]12C. The molecule has 0 aliphatic heterocycles. The summed E-state index contributed by atoms with van der Waals surface area (Å²) < 4.78 is 5.59. The summed E-state index contributed by atoms with van der Waals surface area (Å²) in [5.74, 6) is 1.21. The number of fused-ring (bicyclic) bond motifs is 1. The molecule has 3 saturated carbocycles. The lowest BCUT2D eigenvalue weighted by Gasteiger charge is -2.43. The molecule has 5 nitrogen and oxygen atoms in total. The van der Waals surface area contributed by atoms with E-state index in [1.165, 1.54) is 6.08 Å². The molecule has 0 heterocycles. The molecule has 3 aliphatic rings. The number of esters is 1. The van der Waals surface area contributed by atoms with Crippen molar-refractivity contribution in [2.75, 3.05) is 0 Å². The van der Waals surface area contributed by atoms with Gasteiger partial charge in [-0.3, -0.25) is 9.59 Å². The molecule has 5 heteroatoms. The van der Waals surface area contributed by atoms with Crippen molar-refractivity contribution in [3.8, 4) is 0 Å². The molecular formula is C28H42O5. The van der Waals surface area contributed by atoms with E-state index in [-0.39, 0.29) is 29.3 Å². The highest BCUT2D eigenvalue weighted by molar-refractivity contribution is 6.02. The number of rotatable bonds is 6. The quantitative estimate of drug-likeness (QED) is 0.336. The molecular weight excluding hydrogens is 416 g/mol. The van der Waals surface area contributed by atoms with Crippen LogP contribution in [0.15, 0.2) is 23.8 Å². The van der Waals surface area contributed by atoms with Crippen molar-refractivity contribution in [1.82, 2.24) is 0 Å². The van der Waals surface area contributed by atoms with Gasteiger partial charge in [0.15, 0.2) is 17.2 Å². The lowest BCUT2D eigenvalue weighted by atomic mass is 9.61. The molecule has 33 heavy (non-hydrogen) atoms. The highest BCUT2D eigenvalue weighted by Gasteiger charge is 2.53. The van der Waals surface area contributed by atoms with Gasteiger partial charge in [-0.1, -0.05) is 46.8 Å². The zero-order valence-corrected chi connectivity index (χ0v) is 21.2. The van der Waals surface area contributed by atoms with Gasteiger partial charge in [0.1, 0.15) is 0 Å². The Morgan fingerprint density at radius 3 is 2.39 bits per heavy atom. The van der Waals surface area contributed by atoms with Gasteiger partial charge >= 0.3 is 5.97 Å². The van der Waals surface area contributed by atoms with Crippen molar-refractivity contribution in [3.05, 3.63) is 23.8 Å². The Labute approximate surface area is 199 Å². The van der Waals surface area contributed by atoms with E-state index in [9.17, 15) is 19.5 Å². The third kappa shape index (κ3) is 5.34. The van der Waals surface area contributed by atoms with Crippen LogP contribution in [0.3, 0.4) is 0 Å². The maximum absolute atomic E-state index is 12.9. The Morgan fingerprint density at radius 1 is 1.06 bits per heavy atom. The largest absolute Gasteiger partial charge is 0.448 e. The number of ether oxygens (including phenoxy) is 1. The minimum absolute atomic E-state index is 0.00247. The fourth-order valence-electron chi connectivity index (χ4n) is 6.21. The molecule has 0 saturated heterocycles. The smallest absolute Gasteiger partial charge is 0.332 e. The lowest BCUT2D eigenvalue weighted by Crippen LogP contribution is -2.46. The van der Waals surface area contributed by atoms with Crippen LogP contribution in [0, 0.1) is 35.0 Å². The molecule has 0 aromatic heterocycles. The number of hydrogen-bond acceptors (Lipinski definition) is 5. The molecule has 0 aromatic carbocycles.